The van der Waals surface area contributed by atoms with Gasteiger partial charge in [0.1, 0.15) is 0 Å². The molecule has 0 heterocycles. The average Bonchev–Trinajstić information content (AvgIpc) is 1.87. The molecular formula is C10H17N. The van der Waals surface area contributed by atoms with Crippen molar-refractivity contribution in [3.8, 4) is 0 Å². The number of hydrogen-bond donors (Lipinski definition) is 0. The Morgan fingerprint density at radius 3 is 2.36 bits per heavy atom. The second-order valence-electron chi connectivity index (χ2n) is 2.78. The van der Waals surface area contributed by atoms with Gasteiger partial charge in [-0.1, -0.05) is 18.6 Å². The van der Waals surface area contributed by atoms with E-state index in [1.54, 1.807) is 0 Å². The lowest BCUT2D eigenvalue weighted by Crippen LogP contribution is -1.72. The molecule has 0 aliphatic heterocycles. The van der Waals surface area contributed by atoms with Crippen molar-refractivity contribution >= 4 is 6.21 Å². The standard InChI is InChI=1S/C10H17N/c1-5-6-10(4)11-8-7-9(2)3/h6-8H,5H2,1-4H3/b10-6+,11-8?. The summed E-state index contributed by atoms with van der Waals surface area (Å²) in [6.07, 6.45) is 7.01. The summed E-state index contributed by atoms with van der Waals surface area (Å²) in [6, 6.07) is 0. The first-order chi connectivity index (χ1) is 5.16. The monoisotopic (exact) mass is 151 g/mol. The smallest absolute Gasteiger partial charge is 0.0332 e. The average molecular weight is 151 g/mol. The molecule has 0 saturated heterocycles. The molecule has 0 rings (SSSR count). The van der Waals surface area contributed by atoms with Crippen LogP contribution in [-0.2, 0) is 0 Å². The predicted octanol–water partition coefficient (Wildman–Crippen LogP) is 3.34. The van der Waals surface area contributed by atoms with Crippen molar-refractivity contribution in [3.05, 3.63) is 23.4 Å². The maximum absolute atomic E-state index is 4.21. The molecule has 1 heteroatoms. The molecular weight excluding hydrogens is 134 g/mol. The summed E-state index contributed by atoms with van der Waals surface area (Å²) in [7, 11) is 0. The molecule has 0 aromatic rings. The fourth-order valence-electron chi connectivity index (χ4n) is 0.652. The van der Waals surface area contributed by atoms with E-state index >= 15 is 0 Å². The Kier molecular flexibility index (Phi) is 5.44. The Morgan fingerprint density at radius 2 is 1.91 bits per heavy atom. The minimum Gasteiger partial charge on any atom is -0.262 e. The van der Waals surface area contributed by atoms with E-state index in [-0.39, 0.29) is 0 Å². The molecule has 0 saturated carbocycles. The third-order valence-corrected chi connectivity index (χ3v) is 1.19. The Balaban J connectivity index is 3.93. The van der Waals surface area contributed by atoms with E-state index in [1.807, 2.05) is 19.2 Å². The van der Waals surface area contributed by atoms with Crippen LogP contribution in [0.4, 0.5) is 0 Å². The first-order valence-electron chi connectivity index (χ1n) is 4.01. The van der Waals surface area contributed by atoms with Crippen LogP contribution in [-0.4, -0.2) is 6.21 Å². The molecule has 0 fully saturated rings. The predicted molar refractivity (Wildman–Crippen MR) is 52.0 cm³/mol. The fraction of sp³-hybridized carbons (Fsp3) is 0.500. The summed E-state index contributed by atoms with van der Waals surface area (Å²) >= 11 is 0. The molecule has 0 radical (unpaired) electrons. The molecule has 0 aromatic carbocycles. The van der Waals surface area contributed by atoms with Gasteiger partial charge in [0, 0.05) is 11.9 Å². The van der Waals surface area contributed by atoms with Gasteiger partial charge in [-0.2, -0.15) is 0 Å². The largest absolute Gasteiger partial charge is 0.262 e. The third-order valence-electron chi connectivity index (χ3n) is 1.19. The highest BCUT2D eigenvalue weighted by atomic mass is 14.7. The summed E-state index contributed by atoms with van der Waals surface area (Å²) in [5, 5.41) is 0. The molecule has 0 unspecified atom stereocenters. The van der Waals surface area contributed by atoms with Crippen molar-refractivity contribution in [1.82, 2.24) is 0 Å². The van der Waals surface area contributed by atoms with Gasteiger partial charge in [-0.25, -0.2) is 0 Å². The van der Waals surface area contributed by atoms with Crippen molar-refractivity contribution in [2.24, 2.45) is 4.99 Å². The van der Waals surface area contributed by atoms with Gasteiger partial charge in [-0.15, -0.1) is 0 Å². The maximum atomic E-state index is 4.21. The van der Waals surface area contributed by atoms with Crippen LogP contribution in [0.2, 0.25) is 0 Å². The highest BCUT2D eigenvalue weighted by Gasteiger charge is 1.77. The first-order valence-corrected chi connectivity index (χ1v) is 4.01. The second-order valence-corrected chi connectivity index (χ2v) is 2.78. The van der Waals surface area contributed by atoms with Crippen LogP contribution in [0.25, 0.3) is 0 Å². The Labute approximate surface area is 69.5 Å². The number of nitrogens with zero attached hydrogens (tertiary/aromatic N) is 1. The molecule has 0 aliphatic carbocycles. The summed E-state index contributed by atoms with van der Waals surface area (Å²) in [5.74, 6) is 0. The molecule has 11 heavy (non-hydrogen) atoms. The van der Waals surface area contributed by atoms with Crippen molar-refractivity contribution in [2.45, 2.75) is 34.1 Å². The van der Waals surface area contributed by atoms with Crippen molar-refractivity contribution in [1.29, 1.82) is 0 Å². The molecule has 0 aliphatic rings. The summed E-state index contributed by atoms with van der Waals surface area (Å²) in [4.78, 5) is 4.21. The zero-order valence-electron chi connectivity index (χ0n) is 7.89. The van der Waals surface area contributed by atoms with Crippen LogP contribution in [0, 0.1) is 0 Å². The molecule has 0 atom stereocenters. The van der Waals surface area contributed by atoms with Crippen LogP contribution in [0.1, 0.15) is 34.1 Å². The van der Waals surface area contributed by atoms with Gasteiger partial charge in [0.05, 0.1) is 0 Å². The van der Waals surface area contributed by atoms with Gasteiger partial charge in [0.15, 0.2) is 0 Å². The van der Waals surface area contributed by atoms with Crippen molar-refractivity contribution < 1.29 is 0 Å². The van der Waals surface area contributed by atoms with Gasteiger partial charge < -0.3 is 0 Å². The maximum Gasteiger partial charge on any atom is 0.0332 e. The summed E-state index contributed by atoms with van der Waals surface area (Å²) < 4.78 is 0. The van der Waals surface area contributed by atoms with E-state index in [9.17, 15) is 0 Å². The molecule has 62 valence electrons. The Morgan fingerprint density at radius 1 is 1.27 bits per heavy atom. The quantitative estimate of drug-likeness (QED) is 0.548. The zero-order chi connectivity index (χ0) is 8.69. The Bertz CT molecular complexity index is 181. The van der Waals surface area contributed by atoms with Gasteiger partial charge in [-0.05, 0) is 33.3 Å². The SMILES string of the molecule is CC/C=C(\C)N=CC=C(C)C. The lowest BCUT2D eigenvalue weighted by molar-refractivity contribution is 1.16. The van der Waals surface area contributed by atoms with E-state index in [2.05, 4.69) is 31.8 Å². The normalized spacial score (nSPS) is 12.2. The Hall–Kier alpha value is -0.850. The third kappa shape index (κ3) is 7.04. The minimum absolute atomic E-state index is 1.05. The van der Waals surface area contributed by atoms with Crippen LogP contribution < -0.4 is 0 Å². The summed E-state index contributed by atoms with van der Waals surface area (Å²) in [6.45, 7) is 8.24. The molecule has 1 nitrogen and oxygen atoms in total. The minimum atomic E-state index is 1.05. The number of hydrogen-bond acceptors (Lipinski definition) is 1. The van der Waals surface area contributed by atoms with Crippen molar-refractivity contribution in [2.75, 3.05) is 0 Å². The van der Waals surface area contributed by atoms with Crippen LogP contribution in [0.3, 0.4) is 0 Å². The zero-order valence-corrected chi connectivity index (χ0v) is 7.89. The molecule has 0 aromatic heterocycles. The van der Waals surface area contributed by atoms with Gasteiger partial charge in [0.2, 0.25) is 0 Å². The topological polar surface area (TPSA) is 12.4 Å². The second kappa shape index (κ2) is 5.90. The van der Waals surface area contributed by atoms with E-state index in [1.165, 1.54) is 5.57 Å². The van der Waals surface area contributed by atoms with Crippen LogP contribution >= 0.6 is 0 Å². The fourth-order valence-corrected chi connectivity index (χ4v) is 0.652. The number of allylic oxidation sites excluding steroid dienone is 4. The van der Waals surface area contributed by atoms with Crippen LogP contribution in [0.5, 0.6) is 0 Å². The number of aliphatic imine (C=N–C) groups is 1. The lowest BCUT2D eigenvalue weighted by Gasteiger charge is -1.88. The van der Waals surface area contributed by atoms with Gasteiger partial charge >= 0.3 is 0 Å². The molecule has 0 amide bonds. The lowest BCUT2D eigenvalue weighted by atomic mass is 10.3. The highest BCUT2D eigenvalue weighted by molar-refractivity contribution is 5.72. The van der Waals surface area contributed by atoms with E-state index in [0.717, 1.165) is 12.1 Å². The van der Waals surface area contributed by atoms with E-state index in [0.29, 0.717) is 0 Å². The highest BCUT2D eigenvalue weighted by Crippen LogP contribution is 1.95. The van der Waals surface area contributed by atoms with Crippen molar-refractivity contribution in [3.63, 3.8) is 0 Å². The van der Waals surface area contributed by atoms with Crippen LogP contribution in [0.15, 0.2) is 28.4 Å². The first kappa shape index (κ1) is 10.2. The number of rotatable bonds is 3. The van der Waals surface area contributed by atoms with Gasteiger partial charge in [-0.3, -0.25) is 4.99 Å². The molecule has 0 N–H and O–H groups in total. The van der Waals surface area contributed by atoms with Gasteiger partial charge in [0.25, 0.3) is 0 Å². The van der Waals surface area contributed by atoms with E-state index < -0.39 is 0 Å². The molecule has 0 bridgehead atoms. The van der Waals surface area contributed by atoms with E-state index in [4.69, 9.17) is 0 Å². The summed E-state index contributed by atoms with van der Waals surface area (Å²) in [5.41, 5.74) is 2.36. The molecule has 0 spiro atoms.